The predicted octanol–water partition coefficient (Wildman–Crippen LogP) is 5.73. The molecule has 1 aliphatic carbocycles. The van der Waals surface area contributed by atoms with Crippen LogP contribution in [0.3, 0.4) is 0 Å². The smallest absolute Gasteiger partial charge is 0.0614 e. The van der Waals surface area contributed by atoms with E-state index in [-0.39, 0.29) is 6.61 Å². The van der Waals surface area contributed by atoms with Crippen LogP contribution in [0.15, 0.2) is 46.6 Å². The zero-order valence-electron chi connectivity index (χ0n) is 14.5. The second kappa shape index (κ2) is 8.38. The molecule has 0 atom stereocenters. The summed E-state index contributed by atoms with van der Waals surface area (Å²) in [5.74, 6) is 0. The molecular weight excluding hydrogens is 256 g/mol. The van der Waals surface area contributed by atoms with E-state index in [0.717, 1.165) is 12.8 Å². The van der Waals surface area contributed by atoms with E-state index >= 15 is 0 Å². The van der Waals surface area contributed by atoms with Gasteiger partial charge in [0.2, 0.25) is 0 Å². The maximum absolute atomic E-state index is 8.84. The lowest BCUT2D eigenvalue weighted by molar-refractivity contribution is 0.341. The quantitative estimate of drug-likeness (QED) is 0.488. The van der Waals surface area contributed by atoms with Crippen LogP contribution in [0, 0.1) is 5.41 Å². The minimum Gasteiger partial charge on any atom is -0.392 e. The fourth-order valence-corrected chi connectivity index (χ4v) is 3.08. The van der Waals surface area contributed by atoms with Gasteiger partial charge in [0.05, 0.1) is 6.61 Å². The summed E-state index contributed by atoms with van der Waals surface area (Å²) in [6.07, 6.45) is 14.7. The van der Waals surface area contributed by atoms with Crippen molar-refractivity contribution in [2.45, 2.75) is 66.7 Å². The van der Waals surface area contributed by atoms with Gasteiger partial charge in [-0.2, -0.15) is 0 Å². The Hall–Kier alpha value is -1.08. The van der Waals surface area contributed by atoms with Crippen LogP contribution in [0.4, 0.5) is 0 Å². The van der Waals surface area contributed by atoms with E-state index in [1.807, 2.05) is 6.08 Å². The summed E-state index contributed by atoms with van der Waals surface area (Å²) >= 11 is 0. The van der Waals surface area contributed by atoms with Crippen molar-refractivity contribution in [1.29, 1.82) is 0 Å². The Kier molecular flexibility index (Phi) is 7.17. The molecule has 1 nitrogen and oxygen atoms in total. The lowest BCUT2D eigenvalue weighted by atomic mass is 9.72. The van der Waals surface area contributed by atoms with Crippen LogP contribution in [0.25, 0.3) is 0 Å². The van der Waals surface area contributed by atoms with Crippen LogP contribution in [0.1, 0.15) is 66.7 Å². The van der Waals surface area contributed by atoms with Gasteiger partial charge in [0.1, 0.15) is 0 Å². The Morgan fingerprint density at radius 2 is 1.95 bits per heavy atom. The molecule has 118 valence electrons. The Bertz CT molecular complexity index is 458. The Morgan fingerprint density at radius 1 is 1.24 bits per heavy atom. The highest BCUT2D eigenvalue weighted by Crippen LogP contribution is 2.40. The van der Waals surface area contributed by atoms with Crippen LogP contribution >= 0.6 is 0 Å². The number of aliphatic hydroxyl groups excluding tert-OH is 1. The van der Waals surface area contributed by atoms with Gasteiger partial charge in [0.15, 0.2) is 0 Å². The highest BCUT2D eigenvalue weighted by Gasteiger charge is 2.26. The largest absolute Gasteiger partial charge is 0.392 e. The summed E-state index contributed by atoms with van der Waals surface area (Å²) in [7, 11) is 0. The van der Waals surface area contributed by atoms with Gasteiger partial charge in [0, 0.05) is 0 Å². The molecule has 0 saturated carbocycles. The normalized spacial score (nSPS) is 20.5. The van der Waals surface area contributed by atoms with Crippen molar-refractivity contribution in [3.8, 4) is 0 Å². The summed E-state index contributed by atoms with van der Waals surface area (Å²) in [5, 5.41) is 8.84. The van der Waals surface area contributed by atoms with Gasteiger partial charge in [-0.1, -0.05) is 54.9 Å². The van der Waals surface area contributed by atoms with Crippen molar-refractivity contribution in [3.05, 3.63) is 46.6 Å². The lowest BCUT2D eigenvalue weighted by Crippen LogP contribution is -2.19. The molecule has 0 saturated heterocycles. The van der Waals surface area contributed by atoms with E-state index in [4.69, 9.17) is 5.11 Å². The molecule has 0 unspecified atom stereocenters. The van der Waals surface area contributed by atoms with Gasteiger partial charge in [0.25, 0.3) is 0 Å². The van der Waals surface area contributed by atoms with Gasteiger partial charge >= 0.3 is 0 Å². The molecule has 0 heterocycles. The fraction of sp³-hybridized carbons (Fsp3) is 0.600. The average molecular weight is 288 g/mol. The van der Waals surface area contributed by atoms with Crippen molar-refractivity contribution >= 4 is 0 Å². The molecule has 1 rings (SSSR count). The Labute approximate surface area is 131 Å². The maximum Gasteiger partial charge on any atom is 0.0614 e. The van der Waals surface area contributed by atoms with Gasteiger partial charge in [-0.25, -0.2) is 0 Å². The third-order valence-corrected chi connectivity index (χ3v) is 4.50. The summed E-state index contributed by atoms with van der Waals surface area (Å²) in [5.41, 5.74) is 5.99. The van der Waals surface area contributed by atoms with Crippen LogP contribution in [0.5, 0.6) is 0 Å². The molecule has 0 spiro atoms. The van der Waals surface area contributed by atoms with E-state index in [1.54, 1.807) is 5.57 Å². The molecule has 0 aromatic heterocycles. The molecule has 0 bridgehead atoms. The molecule has 0 aromatic rings. The average Bonchev–Trinajstić information content (AvgIpc) is 2.37. The van der Waals surface area contributed by atoms with E-state index < -0.39 is 0 Å². The molecule has 1 N–H and O–H groups in total. The first kappa shape index (κ1) is 18.0. The van der Waals surface area contributed by atoms with Crippen molar-refractivity contribution in [2.75, 3.05) is 6.61 Å². The second-order valence-electron chi connectivity index (χ2n) is 6.98. The van der Waals surface area contributed by atoms with E-state index in [0.29, 0.717) is 5.41 Å². The molecular formula is C20H32O. The number of aliphatic hydroxyl groups is 1. The summed E-state index contributed by atoms with van der Waals surface area (Å²) in [4.78, 5) is 0. The van der Waals surface area contributed by atoms with E-state index in [1.165, 1.54) is 36.0 Å². The van der Waals surface area contributed by atoms with Crippen LogP contribution in [-0.4, -0.2) is 11.7 Å². The van der Waals surface area contributed by atoms with Crippen molar-refractivity contribution in [3.63, 3.8) is 0 Å². The van der Waals surface area contributed by atoms with Crippen LogP contribution in [-0.2, 0) is 0 Å². The number of hydrogen-bond donors (Lipinski definition) is 1. The van der Waals surface area contributed by atoms with E-state index in [2.05, 4.69) is 52.8 Å². The second-order valence-corrected chi connectivity index (χ2v) is 6.98. The maximum atomic E-state index is 8.84. The van der Waals surface area contributed by atoms with Crippen LogP contribution in [0.2, 0.25) is 0 Å². The van der Waals surface area contributed by atoms with Gasteiger partial charge in [-0.15, -0.1) is 0 Å². The minimum atomic E-state index is 0.150. The van der Waals surface area contributed by atoms with Gasteiger partial charge in [-0.05, 0) is 63.9 Å². The summed E-state index contributed by atoms with van der Waals surface area (Å²) in [6, 6.07) is 0. The van der Waals surface area contributed by atoms with Crippen molar-refractivity contribution in [1.82, 2.24) is 0 Å². The summed E-state index contributed by atoms with van der Waals surface area (Å²) < 4.78 is 0. The zero-order chi connectivity index (χ0) is 15.9. The molecule has 0 amide bonds. The fourth-order valence-electron chi connectivity index (χ4n) is 3.08. The van der Waals surface area contributed by atoms with Gasteiger partial charge < -0.3 is 5.11 Å². The van der Waals surface area contributed by atoms with Crippen LogP contribution < -0.4 is 0 Å². The highest BCUT2D eigenvalue weighted by molar-refractivity contribution is 5.35. The zero-order valence-corrected chi connectivity index (χ0v) is 14.5. The number of allylic oxidation sites excluding steroid dienone is 7. The number of hydrogen-bond acceptors (Lipinski definition) is 1. The first-order valence-corrected chi connectivity index (χ1v) is 8.18. The molecule has 1 aliphatic rings. The summed E-state index contributed by atoms with van der Waals surface area (Å²) in [6.45, 7) is 11.4. The Balaban J connectivity index is 2.65. The Morgan fingerprint density at radius 3 is 2.57 bits per heavy atom. The minimum absolute atomic E-state index is 0.150. The molecule has 0 aliphatic heterocycles. The first-order valence-electron chi connectivity index (χ1n) is 8.18. The standard InChI is InChI=1S/C20H32O/c1-16(8-6-9-17(2)13-15-21)11-12-19-18(3)10-7-14-20(19,4)5/h8,11-13,21H,6-7,9-10,14-15H2,1-5H3. The topological polar surface area (TPSA) is 20.2 Å². The molecule has 0 fully saturated rings. The molecule has 0 aromatic carbocycles. The SMILES string of the molecule is CC(C=CC1=C(C)CCCC1(C)C)=CCCC(C)=CCO. The molecule has 0 radical (unpaired) electrons. The molecule has 21 heavy (non-hydrogen) atoms. The third kappa shape index (κ3) is 6.05. The monoisotopic (exact) mass is 288 g/mol. The third-order valence-electron chi connectivity index (χ3n) is 4.50. The highest BCUT2D eigenvalue weighted by atomic mass is 16.2. The van der Waals surface area contributed by atoms with E-state index in [9.17, 15) is 0 Å². The number of rotatable bonds is 6. The molecule has 1 heteroatoms. The lowest BCUT2D eigenvalue weighted by Gasteiger charge is -2.32. The first-order chi connectivity index (χ1) is 9.86. The van der Waals surface area contributed by atoms with Crippen molar-refractivity contribution in [2.24, 2.45) is 5.41 Å². The van der Waals surface area contributed by atoms with Crippen molar-refractivity contribution < 1.29 is 5.11 Å². The van der Waals surface area contributed by atoms with Gasteiger partial charge in [-0.3, -0.25) is 0 Å². The predicted molar refractivity (Wildman–Crippen MR) is 93.3 cm³/mol.